The van der Waals surface area contributed by atoms with E-state index in [2.05, 4.69) is 20.8 Å². The molecule has 0 aromatic rings. The fraction of sp³-hybridized carbons (Fsp3) is 0.846. The highest BCUT2D eigenvalue weighted by atomic mass is 16.2. The lowest BCUT2D eigenvalue weighted by Gasteiger charge is -2.34. The third-order valence-corrected chi connectivity index (χ3v) is 5.41. The van der Waals surface area contributed by atoms with E-state index in [0.29, 0.717) is 17.8 Å². The molecule has 3 amide bonds. The molecular weight excluding hydrogens is 216 g/mol. The van der Waals surface area contributed by atoms with Gasteiger partial charge in [0, 0.05) is 14.1 Å². The second-order valence-corrected chi connectivity index (χ2v) is 6.71. The van der Waals surface area contributed by atoms with Crippen LogP contribution in [0.5, 0.6) is 0 Å². The Kier molecular flexibility index (Phi) is 1.74. The Morgan fingerprint density at radius 2 is 1.76 bits per heavy atom. The number of carbonyl (C=O) groups excluding carboxylic acids is 2. The number of imide groups is 1. The van der Waals surface area contributed by atoms with Crippen molar-refractivity contribution in [2.24, 2.45) is 23.2 Å². The zero-order valence-corrected chi connectivity index (χ0v) is 11.2. The van der Waals surface area contributed by atoms with E-state index in [1.165, 1.54) is 4.90 Å². The molecule has 94 valence electrons. The van der Waals surface area contributed by atoms with Crippen molar-refractivity contribution in [3.05, 3.63) is 0 Å². The van der Waals surface area contributed by atoms with Crippen LogP contribution in [0.2, 0.25) is 0 Å². The van der Waals surface area contributed by atoms with Crippen LogP contribution in [-0.2, 0) is 4.79 Å². The summed E-state index contributed by atoms with van der Waals surface area (Å²) in [5.74, 6) is 1.52. The quantitative estimate of drug-likeness (QED) is 0.599. The fourth-order valence-electron chi connectivity index (χ4n) is 4.80. The molecular formula is C13H20N2O2. The van der Waals surface area contributed by atoms with E-state index in [4.69, 9.17) is 0 Å². The molecule has 4 atom stereocenters. The molecule has 4 nitrogen and oxygen atoms in total. The van der Waals surface area contributed by atoms with Crippen LogP contribution in [-0.4, -0.2) is 41.4 Å². The van der Waals surface area contributed by atoms with Gasteiger partial charge in [-0.3, -0.25) is 9.69 Å². The van der Waals surface area contributed by atoms with Crippen LogP contribution < -0.4 is 0 Å². The van der Waals surface area contributed by atoms with E-state index in [1.807, 2.05) is 0 Å². The number of amides is 3. The monoisotopic (exact) mass is 236 g/mol. The molecule has 1 spiro atoms. The molecule has 4 heteroatoms. The first kappa shape index (κ1) is 11.1. The Labute approximate surface area is 102 Å². The van der Waals surface area contributed by atoms with Crippen LogP contribution in [0.4, 0.5) is 4.79 Å². The number of nitrogens with zero attached hydrogens (tertiary/aromatic N) is 2. The molecule has 1 unspecified atom stereocenters. The first-order valence-corrected chi connectivity index (χ1v) is 6.31. The minimum absolute atomic E-state index is 0.00919. The Balaban J connectivity index is 2.09. The molecule has 0 bridgehead atoms. The lowest BCUT2D eigenvalue weighted by Crippen LogP contribution is -2.50. The maximum atomic E-state index is 12.5. The average molecular weight is 236 g/mol. The number of fused-ring (bicyclic) bond motifs is 2. The third-order valence-electron chi connectivity index (χ3n) is 5.41. The molecule has 3 aliphatic rings. The minimum atomic E-state index is -0.542. The van der Waals surface area contributed by atoms with Gasteiger partial charge in [0.1, 0.15) is 5.54 Å². The molecule has 2 saturated carbocycles. The SMILES string of the molecule is C[C@H]1[C@H]2[C@@H]1C1(CC2(C)C)C(=O)N(C)C(=O)N1C. The predicted octanol–water partition coefficient (Wildman–Crippen LogP) is 1.56. The minimum Gasteiger partial charge on any atom is -0.312 e. The molecule has 3 fully saturated rings. The molecule has 0 radical (unpaired) electrons. The highest BCUT2D eigenvalue weighted by Gasteiger charge is 2.77. The summed E-state index contributed by atoms with van der Waals surface area (Å²) in [5.41, 5.74) is -0.376. The van der Waals surface area contributed by atoms with Crippen molar-refractivity contribution in [2.45, 2.75) is 32.7 Å². The van der Waals surface area contributed by atoms with Gasteiger partial charge in [-0.25, -0.2) is 4.79 Å². The normalized spacial score (nSPS) is 47.0. The summed E-state index contributed by atoms with van der Waals surface area (Å²) in [4.78, 5) is 27.5. The maximum absolute atomic E-state index is 12.5. The summed E-state index contributed by atoms with van der Waals surface area (Å²) in [6.07, 6.45) is 0.811. The topological polar surface area (TPSA) is 40.6 Å². The molecule has 1 aliphatic heterocycles. The number of likely N-dealkylation sites (N-methyl/N-ethyl adjacent to an activating group) is 2. The highest BCUT2D eigenvalue weighted by Crippen LogP contribution is 2.72. The van der Waals surface area contributed by atoms with Gasteiger partial charge in [-0.1, -0.05) is 20.8 Å². The zero-order valence-electron chi connectivity index (χ0n) is 11.2. The van der Waals surface area contributed by atoms with Crippen molar-refractivity contribution < 1.29 is 9.59 Å². The number of hydrogen-bond acceptors (Lipinski definition) is 2. The summed E-state index contributed by atoms with van der Waals surface area (Å²) in [7, 11) is 3.39. The number of urea groups is 1. The second kappa shape index (κ2) is 2.68. The second-order valence-electron chi connectivity index (χ2n) is 6.71. The largest absolute Gasteiger partial charge is 0.327 e. The molecule has 2 aliphatic carbocycles. The smallest absolute Gasteiger partial charge is 0.312 e. The van der Waals surface area contributed by atoms with E-state index < -0.39 is 5.54 Å². The lowest BCUT2D eigenvalue weighted by atomic mass is 9.78. The van der Waals surface area contributed by atoms with Crippen molar-refractivity contribution in [3.63, 3.8) is 0 Å². The van der Waals surface area contributed by atoms with Crippen LogP contribution in [0.15, 0.2) is 0 Å². The Hall–Kier alpha value is -1.06. The van der Waals surface area contributed by atoms with Crippen molar-refractivity contribution in [2.75, 3.05) is 14.1 Å². The van der Waals surface area contributed by atoms with E-state index in [0.717, 1.165) is 6.42 Å². The third kappa shape index (κ3) is 0.964. The first-order valence-electron chi connectivity index (χ1n) is 6.31. The molecule has 0 N–H and O–H groups in total. The molecule has 0 aromatic carbocycles. The van der Waals surface area contributed by atoms with Crippen molar-refractivity contribution in [3.8, 4) is 0 Å². The fourth-order valence-corrected chi connectivity index (χ4v) is 4.80. The van der Waals surface area contributed by atoms with Crippen LogP contribution in [0.3, 0.4) is 0 Å². The maximum Gasteiger partial charge on any atom is 0.327 e. The van der Waals surface area contributed by atoms with Crippen molar-refractivity contribution in [1.82, 2.24) is 9.80 Å². The molecule has 0 aromatic heterocycles. The molecule has 1 saturated heterocycles. The van der Waals surface area contributed by atoms with Gasteiger partial charge in [-0.2, -0.15) is 0 Å². The number of rotatable bonds is 0. The lowest BCUT2D eigenvalue weighted by molar-refractivity contribution is -0.133. The van der Waals surface area contributed by atoms with Gasteiger partial charge in [-0.05, 0) is 29.6 Å². The van der Waals surface area contributed by atoms with E-state index in [1.54, 1.807) is 19.0 Å². The summed E-state index contributed by atoms with van der Waals surface area (Å²) in [6, 6.07) is -0.148. The summed E-state index contributed by atoms with van der Waals surface area (Å²) in [5, 5.41) is 0. The standard InChI is InChI=1S/C13H20N2O2/c1-7-8-9(7)13(6-12(8,2)3)10(16)14(4)11(17)15(13)5/h7-9H,6H2,1-5H3/t7-,8-,9+,13?/m0/s1. The van der Waals surface area contributed by atoms with Gasteiger partial charge >= 0.3 is 6.03 Å². The summed E-state index contributed by atoms with van der Waals surface area (Å²) >= 11 is 0. The van der Waals surface area contributed by atoms with E-state index in [9.17, 15) is 9.59 Å². The van der Waals surface area contributed by atoms with Crippen molar-refractivity contribution >= 4 is 11.9 Å². The first-order chi connectivity index (χ1) is 7.75. The molecule has 3 rings (SSSR count). The van der Waals surface area contributed by atoms with Gasteiger partial charge in [0.05, 0.1) is 0 Å². The van der Waals surface area contributed by atoms with Crippen LogP contribution >= 0.6 is 0 Å². The Morgan fingerprint density at radius 3 is 2.12 bits per heavy atom. The number of hydrogen-bond donors (Lipinski definition) is 0. The van der Waals surface area contributed by atoms with Gasteiger partial charge in [-0.15, -0.1) is 0 Å². The summed E-state index contributed by atoms with van der Waals surface area (Å²) in [6.45, 7) is 6.67. The van der Waals surface area contributed by atoms with E-state index >= 15 is 0 Å². The van der Waals surface area contributed by atoms with E-state index in [-0.39, 0.29) is 17.4 Å². The van der Waals surface area contributed by atoms with Gasteiger partial charge in [0.15, 0.2) is 0 Å². The van der Waals surface area contributed by atoms with Crippen LogP contribution in [0.25, 0.3) is 0 Å². The number of carbonyl (C=O) groups is 2. The highest BCUT2D eigenvalue weighted by molar-refractivity contribution is 6.07. The summed E-state index contributed by atoms with van der Waals surface area (Å²) < 4.78 is 0. The van der Waals surface area contributed by atoms with Gasteiger partial charge in [0.25, 0.3) is 5.91 Å². The predicted molar refractivity (Wildman–Crippen MR) is 63.2 cm³/mol. The molecule has 1 heterocycles. The Bertz CT molecular complexity index is 431. The van der Waals surface area contributed by atoms with Gasteiger partial charge in [0.2, 0.25) is 0 Å². The molecule has 17 heavy (non-hydrogen) atoms. The van der Waals surface area contributed by atoms with Gasteiger partial charge < -0.3 is 4.90 Å². The van der Waals surface area contributed by atoms with Crippen LogP contribution in [0.1, 0.15) is 27.2 Å². The Morgan fingerprint density at radius 1 is 1.18 bits per heavy atom. The van der Waals surface area contributed by atoms with Crippen molar-refractivity contribution in [1.29, 1.82) is 0 Å². The zero-order chi connectivity index (χ0) is 12.7. The average Bonchev–Trinajstić information content (AvgIpc) is 2.82. The van der Waals surface area contributed by atoms with Crippen LogP contribution in [0, 0.1) is 23.2 Å².